The average Bonchev–Trinajstić information content (AvgIpc) is 2.64. The van der Waals surface area contributed by atoms with Gasteiger partial charge in [0.1, 0.15) is 0 Å². The zero-order chi connectivity index (χ0) is 22.8. The van der Waals surface area contributed by atoms with Crippen LogP contribution >= 0.6 is 0 Å². The van der Waals surface area contributed by atoms with Crippen LogP contribution < -0.4 is 0 Å². The van der Waals surface area contributed by atoms with E-state index in [-0.39, 0.29) is 0 Å². The molecule has 0 spiro atoms. The molecule has 0 rings (SSSR count). The normalized spacial score (nSPS) is 13.7. The van der Waals surface area contributed by atoms with Gasteiger partial charge in [0.05, 0.1) is 0 Å². The van der Waals surface area contributed by atoms with Crippen LogP contribution in [0.5, 0.6) is 0 Å². The minimum absolute atomic E-state index is 1.03. The predicted molar refractivity (Wildman–Crippen MR) is 140 cm³/mol. The third-order valence-corrected chi connectivity index (χ3v) is 5.10. The summed E-state index contributed by atoms with van der Waals surface area (Å²) in [6.07, 6.45) is 27.7. The molecule has 0 radical (unpaired) electrons. The Morgan fingerprint density at radius 3 is 1.40 bits per heavy atom. The van der Waals surface area contributed by atoms with Crippen molar-refractivity contribution in [3.8, 4) is 0 Å². The molecule has 0 nitrogen and oxygen atoms in total. The van der Waals surface area contributed by atoms with Crippen LogP contribution in [-0.4, -0.2) is 0 Å². The van der Waals surface area contributed by atoms with Crippen LogP contribution in [0.2, 0.25) is 0 Å². The molecule has 0 aromatic heterocycles. The Bertz CT molecular complexity index is 676. The van der Waals surface area contributed by atoms with Gasteiger partial charge in [0, 0.05) is 0 Å². The van der Waals surface area contributed by atoms with Crippen molar-refractivity contribution in [2.45, 2.75) is 107 Å². The maximum absolute atomic E-state index is 2.41. The first-order valence-electron chi connectivity index (χ1n) is 11.8. The van der Waals surface area contributed by atoms with Gasteiger partial charge >= 0.3 is 0 Å². The minimum atomic E-state index is 1.03. The summed E-state index contributed by atoms with van der Waals surface area (Å²) < 4.78 is 0. The Kier molecular flexibility index (Phi) is 16.9. The summed E-state index contributed by atoms with van der Waals surface area (Å²) in [5, 5.41) is 0. The molecule has 0 saturated heterocycles. The lowest BCUT2D eigenvalue weighted by Gasteiger charge is -2.01. The van der Waals surface area contributed by atoms with Gasteiger partial charge in [-0.15, -0.1) is 0 Å². The lowest BCUT2D eigenvalue weighted by molar-refractivity contribution is 0.915. The van der Waals surface area contributed by atoms with Crippen molar-refractivity contribution >= 4 is 0 Å². The number of rotatable bonds is 14. The zero-order valence-electron chi connectivity index (χ0n) is 21.3. The van der Waals surface area contributed by atoms with E-state index in [9.17, 15) is 0 Å². The van der Waals surface area contributed by atoms with Crippen molar-refractivity contribution in [2.75, 3.05) is 0 Å². The fourth-order valence-electron chi connectivity index (χ4n) is 3.07. The van der Waals surface area contributed by atoms with E-state index < -0.39 is 0 Å². The molecule has 0 aliphatic carbocycles. The molecule has 0 N–H and O–H groups in total. The van der Waals surface area contributed by atoms with Gasteiger partial charge in [-0.1, -0.05) is 82.0 Å². The molecular weight excluding hydrogens is 360 g/mol. The van der Waals surface area contributed by atoms with Crippen LogP contribution in [0.3, 0.4) is 0 Å². The molecule has 0 aliphatic rings. The Morgan fingerprint density at radius 1 is 0.467 bits per heavy atom. The third kappa shape index (κ3) is 19.5. The first-order valence-corrected chi connectivity index (χ1v) is 11.8. The van der Waals surface area contributed by atoms with Gasteiger partial charge in [0.2, 0.25) is 0 Å². The standard InChI is InChI=1S/C30H48/c1-25(2)15-11-19-29(7)23-13-21-27(5)17-9-10-18-28(6)22-14-24-30(8)20-12-16-26(3)4/h9,15-18,21,23-24H,10-14,19-20,22H2,1-8H3. The molecule has 0 amide bonds. The molecule has 0 atom stereocenters. The smallest absolute Gasteiger partial charge is 0.0161 e. The Labute approximate surface area is 188 Å². The van der Waals surface area contributed by atoms with E-state index in [1.807, 2.05) is 0 Å². The van der Waals surface area contributed by atoms with Gasteiger partial charge in [0.25, 0.3) is 0 Å². The summed E-state index contributed by atoms with van der Waals surface area (Å²) in [5.74, 6) is 0. The topological polar surface area (TPSA) is 0 Å². The second kappa shape index (κ2) is 18.0. The first kappa shape index (κ1) is 28.2. The highest BCUT2D eigenvalue weighted by molar-refractivity contribution is 5.19. The van der Waals surface area contributed by atoms with Crippen LogP contribution in [0.4, 0.5) is 0 Å². The van der Waals surface area contributed by atoms with E-state index in [0.29, 0.717) is 0 Å². The fourth-order valence-corrected chi connectivity index (χ4v) is 3.07. The number of hydrogen-bond donors (Lipinski definition) is 0. The molecule has 0 heterocycles. The lowest BCUT2D eigenvalue weighted by Crippen LogP contribution is -1.80. The molecule has 0 bridgehead atoms. The minimum Gasteiger partial charge on any atom is -0.0856 e. The summed E-state index contributed by atoms with van der Waals surface area (Å²) in [7, 11) is 0. The Balaban J connectivity index is 4.19. The quantitative estimate of drug-likeness (QED) is 0.198. The second-order valence-electron chi connectivity index (χ2n) is 9.15. The van der Waals surface area contributed by atoms with E-state index in [0.717, 1.165) is 25.7 Å². The summed E-state index contributed by atoms with van der Waals surface area (Å²) >= 11 is 0. The number of hydrogen-bond acceptors (Lipinski definition) is 0. The molecule has 0 saturated carbocycles. The van der Waals surface area contributed by atoms with Gasteiger partial charge in [-0.05, 0) is 107 Å². The van der Waals surface area contributed by atoms with Crippen molar-refractivity contribution in [3.63, 3.8) is 0 Å². The van der Waals surface area contributed by atoms with Crippen molar-refractivity contribution in [1.29, 1.82) is 0 Å². The maximum atomic E-state index is 2.41. The highest BCUT2D eigenvalue weighted by Crippen LogP contribution is 2.12. The predicted octanol–water partition coefficient (Wildman–Crippen LogP) is 10.4. The summed E-state index contributed by atoms with van der Waals surface area (Å²) in [6.45, 7) is 17.6. The van der Waals surface area contributed by atoms with Crippen molar-refractivity contribution in [1.82, 2.24) is 0 Å². The highest BCUT2D eigenvalue weighted by Gasteiger charge is 1.92. The largest absolute Gasteiger partial charge is 0.0856 e. The Morgan fingerprint density at radius 2 is 0.900 bits per heavy atom. The molecule has 0 fully saturated rings. The van der Waals surface area contributed by atoms with Crippen LogP contribution in [0.25, 0.3) is 0 Å². The monoisotopic (exact) mass is 408 g/mol. The SMILES string of the molecule is CC(C)=CCCC(C)=CCC=C(C)C=CCC=C(C)CCC=C(C)CCC=C(C)C. The average molecular weight is 409 g/mol. The number of allylic oxidation sites excluding steroid dienone is 14. The summed E-state index contributed by atoms with van der Waals surface area (Å²) in [5.41, 5.74) is 8.67. The second-order valence-corrected chi connectivity index (χ2v) is 9.15. The van der Waals surface area contributed by atoms with E-state index in [1.165, 1.54) is 59.1 Å². The van der Waals surface area contributed by atoms with Gasteiger partial charge < -0.3 is 0 Å². The van der Waals surface area contributed by atoms with E-state index in [1.54, 1.807) is 0 Å². The van der Waals surface area contributed by atoms with Gasteiger partial charge in [0.15, 0.2) is 0 Å². The van der Waals surface area contributed by atoms with E-state index in [2.05, 4.69) is 104 Å². The molecular formula is C30H48. The highest BCUT2D eigenvalue weighted by atomic mass is 14.0. The molecule has 0 aromatic carbocycles. The summed E-state index contributed by atoms with van der Waals surface area (Å²) in [4.78, 5) is 0. The molecule has 168 valence electrons. The van der Waals surface area contributed by atoms with Crippen LogP contribution in [0, 0.1) is 0 Å². The van der Waals surface area contributed by atoms with Crippen molar-refractivity contribution in [3.05, 3.63) is 82.0 Å². The van der Waals surface area contributed by atoms with Crippen molar-refractivity contribution in [2.24, 2.45) is 0 Å². The summed E-state index contributed by atoms with van der Waals surface area (Å²) in [6, 6.07) is 0. The maximum Gasteiger partial charge on any atom is -0.0161 e. The van der Waals surface area contributed by atoms with Gasteiger partial charge in [-0.3, -0.25) is 0 Å². The first-order chi connectivity index (χ1) is 14.2. The van der Waals surface area contributed by atoms with Crippen LogP contribution in [0.15, 0.2) is 82.0 Å². The zero-order valence-corrected chi connectivity index (χ0v) is 21.3. The van der Waals surface area contributed by atoms with E-state index in [4.69, 9.17) is 0 Å². The van der Waals surface area contributed by atoms with Gasteiger partial charge in [-0.2, -0.15) is 0 Å². The van der Waals surface area contributed by atoms with E-state index >= 15 is 0 Å². The van der Waals surface area contributed by atoms with Gasteiger partial charge in [-0.25, -0.2) is 0 Å². The van der Waals surface area contributed by atoms with Crippen LogP contribution in [0.1, 0.15) is 107 Å². The fraction of sp³-hybridized carbons (Fsp3) is 0.533. The molecule has 0 heteroatoms. The van der Waals surface area contributed by atoms with Crippen LogP contribution in [-0.2, 0) is 0 Å². The molecule has 0 unspecified atom stereocenters. The molecule has 0 aromatic rings. The van der Waals surface area contributed by atoms with Crippen molar-refractivity contribution < 1.29 is 0 Å². The lowest BCUT2D eigenvalue weighted by atomic mass is 10.1. The molecule has 0 aliphatic heterocycles. The Hall–Kier alpha value is -1.82. The third-order valence-electron chi connectivity index (χ3n) is 5.10. The molecule has 30 heavy (non-hydrogen) atoms.